The molecule has 0 aromatic heterocycles. The third-order valence-electron chi connectivity index (χ3n) is 3.43. The van der Waals surface area contributed by atoms with E-state index in [1.165, 1.54) is 0 Å². The number of rotatable bonds is 7. The monoisotopic (exact) mass is 227 g/mol. The third-order valence-corrected chi connectivity index (χ3v) is 3.43. The van der Waals surface area contributed by atoms with Crippen LogP contribution in [0.5, 0.6) is 0 Å². The highest BCUT2D eigenvalue weighted by Gasteiger charge is 2.31. The Bertz CT molecular complexity index is 211. The van der Waals surface area contributed by atoms with Crippen molar-refractivity contribution in [1.29, 1.82) is 0 Å². The minimum atomic E-state index is 0.0926. The topological polar surface area (TPSA) is 20.3 Å². The van der Waals surface area contributed by atoms with Gasteiger partial charge in [0.25, 0.3) is 0 Å². The number of carbonyl (C=O) groups is 1. The van der Waals surface area contributed by atoms with Crippen LogP contribution < -0.4 is 0 Å². The highest BCUT2D eigenvalue weighted by molar-refractivity contribution is 5.86. The molecule has 0 saturated heterocycles. The molecule has 0 saturated carbocycles. The number of nitrogens with zero attached hydrogens (tertiary/aromatic N) is 1. The van der Waals surface area contributed by atoms with Gasteiger partial charge in [0, 0.05) is 12.0 Å². The van der Waals surface area contributed by atoms with E-state index < -0.39 is 0 Å². The number of carbonyl (C=O) groups excluding carboxylic acids is 1. The summed E-state index contributed by atoms with van der Waals surface area (Å²) in [6.07, 6.45) is 1.06. The molecule has 16 heavy (non-hydrogen) atoms. The molecule has 0 fully saturated rings. The summed E-state index contributed by atoms with van der Waals surface area (Å²) in [4.78, 5) is 14.6. The van der Waals surface area contributed by atoms with Crippen LogP contribution in [0.15, 0.2) is 0 Å². The van der Waals surface area contributed by atoms with Gasteiger partial charge in [0.15, 0.2) is 5.78 Å². The maximum atomic E-state index is 12.3. The summed E-state index contributed by atoms with van der Waals surface area (Å²) in [5.41, 5.74) is 0. The number of Topliss-reactive ketones (excluding diaryl/α,β-unsaturated/α-hetero) is 1. The van der Waals surface area contributed by atoms with Crippen molar-refractivity contribution in [2.24, 2.45) is 11.8 Å². The van der Waals surface area contributed by atoms with Crippen molar-refractivity contribution in [3.05, 3.63) is 0 Å². The van der Waals surface area contributed by atoms with Crippen LogP contribution in [-0.4, -0.2) is 29.3 Å². The summed E-state index contributed by atoms with van der Waals surface area (Å²) in [5, 5.41) is 0. The first-order valence-electron chi connectivity index (χ1n) is 6.66. The Morgan fingerprint density at radius 1 is 1.06 bits per heavy atom. The number of hydrogen-bond acceptors (Lipinski definition) is 2. The Morgan fingerprint density at radius 3 is 1.81 bits per heavy atom. The van der Waals surface area contributed by atoms with Crippen LogP contribution in [0.2, 0.25) is 0 Å². The minimum Gasteiger partial charge on any atom is -0.298 e. The minimum absolute atomic E-state index is 0.0926. The molecule has 0 aliphatic heterocycles. The summed E-state index contributed by atoms with van der Waals surface area (Å²) in [6, 6.07) is 0.529. The third kappa shape index (κ3) is 3.89. The molecule has 0 radical (unpaired) electrons. The standard InChI is InChI=1S/C14H29NO/c1-8-12(7)13(14(16)10(3)4)15(9-2)11(5)6/h10-13H,8-9H2,1-7H3. The first-order chi connectivity index (χ1) is 7.36. The first kappa shape index (κ1) is 15.6. The Morgan fingerprint density at radius 2 is 1.56 bits per heavy atom. The summed E-state index contributed by atoms with van der Waals surface area (Å²) < 4.78 is 0. The molecule has 96 valence electrons. The zero-order valence-electron chi connectivity index (χ0n) is 12.1. The quantitative estimate of drug-likeness (QED) is 0.664. The molecule has 0 heterocycles. The molecule has 0 bridgehead atoms. The van der Waals surface area contributed by atoms with Gasteiger partial charge in [-0.05, 0) is 26.3 Å². The molecule has 2 heteroatoms. The van der Waals surface area contributed by atoms with Gasteiger partial charge < -0.3 is 0 Å². The van der Waals surface area contributed by atoms with E-state index in [9.17, 15) is 4.79 Å². The molecule has 0 aromatic rings. The number of likely N-dealkylation sites (N-methyl/N-ethyl adjacent to an activating group) is 1. The van der Waals surface area contributed by atoms with Gasteiger partial charge in [0.1, 0.15) is 0 Å². The lowest BCUT2D eigenvalue weighted by Gasteiger charge is -2.37. The van der Waals surface area contributed by atoms with Crippen LogP contribution in [0.3, 0.4) is 0 Å². The predicted molar refractivity (Wildman–Crippen MR) is 70.6 cm³/mol. The van der Waals surface area contributed by atoms with Crippen LogP contribution in [0.4, 0.5) is 0 Å². The molecule has 0 aliphatic carbocycles. The molecule has 0 N–H and O–H groups in total. The van der Waals surface area contributed by atoms with E-state index in [0.717, 1.165) is 13.0 Å². The van der Waals surface area contributed by atoms with Gasteiger partial charge >= 0.3 is 0 Å². The van der Waals surface area contributed by atoms with Gasteiger partial charge in [-0.3, -0.25) is 9.69 Å². The van der Waals surface area contributed by atoms with Crippen molar-refractivity contribution in [1.82, 2.24) is 4.90 Å². The second-order valence-corrected chi connectivity index (χ2v) is 5.31. The molecule has 0 rings (SSSR count). The van der Waals surface area contributed by atoms with Gasteiger partial charge in [-0.1, -0.05) is 41.0 Å². The number of hydrogen-bond donors (Lipinski definition) is 0. The van der Waals surface area contributed by atoms with Crippen molar-refractivity contribution in [2.75, 3.05) is 6.54 Å². The van der Waals surface area contributed by atoms with E-state index in [1.54, 1.807) is 0 Å². The van der Waals surface area contributed by atoms with Crippen molar-refractivity contribution in [2.45, 2.75) is 67.0 Å². The molecular weight excluding hydrogens is 198 g/mol. The van der Waals surface area contributed by atoms with Crippen LogP contribution in [0, 0.1) is 11.8 Å². The van der Waals surface area contributed by atoms with Gasteiger partial charge in [-0.2, -0.15) is 0 Å². The van der Waals surface area contributed by atoms with Crippen molar-refractivity contribution in [3.63, 3.8) is 0 Å². The fraction of sp³-hybridized carbons (Fsp3) is 0.929. The van der Waals surface area contributed by atoms with Crippen LogP contribution in [0.25, 0.3) is 0 Å². The normalized spacial score (nSPS) is 15.9. The van der Waals surface area contributed by atoms with E-state index in [0.29, 0.717) is 17.7 Å². The summed E-state index contributed by atoms with van der Waals surface area (Å²) in [5.74, 6) is 0.967. The molecule has 0 aliphatic rings. The maximum absolute atomic E-state index is 12.3. The fourth-order valence-electron chi connectivity index (χ4n) is 2.22. The Hall–Kier alpha value is -0.370. The fourth-order valence-corrected chi connectivity index (χ4v) is 2.22. The Kier molecular flexibility index (Phi) is 6.89. The Balaban J connectivity index is 4.98. The van der Waals surface area contributed by atoms with Gasteiger partial charge in [-0.25, -0.2) is 0 Å². The zero-order chi connectivity index (χ0) is 12.9. The van der Waals surface area contributed by atoms with Crippen LogP contribution in [-0.2, 0) is 4.79 Å². The van der Waals surface area contributed by atoms with Crippen LogP contribution >= 0.6 is 0 Å². The first-order valence-corrected chi connectivity index (χ1v) is 6.66. The molecular formula is C14H29NO. The SMILES string of the molecule is CCC(C)C(C(=O)C(C)C)N(CC)C(C)C. The second-order valence-electron chi connectivity index (χ2n) is 5.31. The van der Waals surface area contributed by atoms with Crippen molar-refractivity contribution < 1.29 is 4.79 Å². The lowest BCUT2D eigenvalue weighted by molar-refractivity contribution is -0.130. The maximum Gasteiger partial charge on any atom is 0.152 e. The predicted octanol–water partition coefficient (Wildman–Crippen LogP) is 3.36. The summed E-state index contributed by atoms with van der Waals surface area (Å²) in [6.45, 7) is 15.8. The molecule has 0 aromatic carbocycles. The van der Waals surface area contributed by atoms with Crippen molar-refractivity contribution in [3.8, 4) is 0 Å². The summed E-state index contributed by atoms with van der Waals surface area (Å²) >= 11 is 0. The average molecular weight is 227 g/mol. The molecule has 2 unspecified atom stereocenters. The van der Waals surface area contributed by atoms with Crippen LogP contribution in [0.1, 0.15) is 54.9 Å². The highest BCUT2D eigenvalue weighted by Crippen LogP contribution is 2.21. The lowest BCUT2D eigenvalue weighted by atomic mass is 9.88. The zero-order valence-corrected chi connectivity index (χ0v) is 12.1. The van der Waals surface area contributed by atoms with E-state index >= 15 is 0 Å². The van der Waals surface area contributed by atoms with Gasteiger partial charge in [0.05, 0.1) is 6.04 Å². The molecule has 0 spiro atoms. The van der Waals surface area contributed by atoms with E-state index in [2.05, 4.69) is 39.5 Å². The van der Waals surface area contributed by atoms with E-state index in [4.69, 9.17) is 0 Å². The largest absolute Gasteiger partial charge is 0.298 e. The molecule has 2 atom stereocenters. The Labute approximate surface area is 101 Å². The smallest absolute Gasteiger partial charge is 0.152 e. The average Bonchev–Trinajstić information content (AvgIpc) is 2.22. The van der Waals surface area contributed by atoms with Gasteiger partial charge in [-0.15, -0.1) is 0 Å². The van der Waals surface area contributed by atoms with E-state index in [1.807, 2.05) is 13.8 Å². The van der Waals surface area contributed by atoms with E-state index in [-0.39, 0.29) is 12.0 Å². The summed E-state index contributed by atoms with van der Waals surface area (Å²) in [7, 11) is 0. The second kappa shape index (κ2) is 7.05. The molecule has 2 nitrogen and oxygen atoms in total. The molecule has 0 amide bonds. The number of ketones is 1. The highest BCUT2D eigenvalue weighted by atomic mass is 16.1. The van der Waals surface area contributed by atoms with Gasteiger partial charge in [0.2, 0.25) is 0 Å². The van der Waals surface area contributed by atoms with Crippen molar-refractivity contribution >= 4 is 5.78 Å². The lowest BCUT2D eigenvalue weighted by Crippen LogP contribution is -2.50.